The van der Waals surface area contributed by atoms with Gasteiger partial charge in [0.05, 0.1) is 18.9 Å². The van der Waals surface area contributed by atoms with Crippen LogP contribution in [-0.2, 0) is 41.6 Å². The summed E-state index contributed by atoms with van der Waals surface area (Å²) in [6.07, 6.45) is -1.56. The fraction of sp³-hybridized carbons (Fsp3) is 0.308. The third-order valence-electron chi connectivity index (χ3n) is 5.80. The molecule has 15 nitrogen and oxygen atoms in total. The Bertz CT molecular complexity index is 1270. The number of phenolic OH excluding ortho intramolecular Hbond substituents is 2. The van der Waals surface area contributed by atoms with Gasteiger partial charge in [-0.25, -0.2) is 4.79 Å². The number of carboxylic acids is 1. The zero-order chi connectivity index (χ0) is 30.7. The Morgan fingerprint density at radius 1 is 0.610 bits per heavy atom. The number of carbonyl (C=O) groups is 6. The lowest BCUT2D eigenvalue weighted by molar-refractivity contribution is -0.142. The van der Waals surface area contributed by atoms with E-state index in [1.165, 1.54) is 48.5 Å². The van der Waals surface area contributed by atoms with E-state index in [-0.39, 0.29) is 24.3 Å². The molecule has 0 aromatic heterocycles. The molecule has 0 bridgehead atoms. The number of hydrogen-bond donors (Lipinski definition) is 9. The molecule has 12 N–H and O–H groups in total. The van der Waals surface area contributed by atoms with E-state index in [1.807, 2.05) is 0 Å². The molecule has 15 heteroatoms. The number of amides is 5. The molecule has 0 aliphatic carbocycles. The zero-order valence-corrected chi connectivity index (χ0v) is 21.8. The van der Waals surface area contributed by atoms with Gasteiger partial charge in [0.2, 0.25) is 29.5 Å². The summed E-state index contributed by atoms with van der Waals surface area (Å²) in [6.45, 7) is 0. The van der Waals surface area contributed by atoms with Crippen molar-refractivity contribution in [2.45, 2.75) is 49.9 Å². The molecule has 0 fully saturated rings. The average Bonchev–Trinajstić information content (AvgIpc) is 2.89. The van der Waals surface area contributed by atoms with Crippen LogP contribution < -0.4 is 33.2 Å². The molecule has 41 heavy (non-hydrogen) atoms. The lowest BCUT2D eigenvalue weighted by Gasteiger charge is -2.25. The van der Waals surface area contributed by atoms with E-state index in [0.717, 1.165) is 0 Å². The molecule has 0 aliphatic rings. The van der Waals surface area contributed by atoms with Crippen LogP contribution in [0.1, 0.15) is 24.0 Å². The molecule has 2 aromatic rings. The van der Waals surface area contributed by atoms with Gasteiger partial charge >= 0.3 is 5.97 Å². The van der Waals surface area contributed by atoms with Crippen LogP contribution in [0.3, 0.4) is 0 Å². The van der Waals surface area contributed by atoms with Crippen molar-refractivity contribution < 1.29 is 44.1 Å². The van der Waals surface area contributed by atoms with Crippen molar-refractivity contribution >= 4 is 35.5 Å². The molecule has 0 spiro atoms. The number of aliphatic carboxylic acids is 1. The Morgan fingerprint density at radius 3 is 1.44 bits per heavy atom. The van der Waals surface area contributed by atoms with Gasteiger partial charge in [-0.1, -0.05) is 24.3 Å². The molecule has 220 valence electrons. The molecule has 0 saturated carbocycles. The first kappa shape index (κ1) is 32.0. The summed E-state index contributed by atoms with van der Waals surface area (Å²) in [4.78, 5) is 73.5. The molecule has 0 aliphatic heterocycles. The molecule has 4 unspecified atom stereocenters. The van der Waals surface area contributed by atoms with E-state index in [1.54, 1.807) is 0 Å². The predicted molar refractivity (Wildman–Crippen MR) is 143 cm³/mol. The molecule has 0 radical (unpaired) electrons. The van der Waals surface area contributed by atoms with Crippen molar-refractivity contribution in [2.75, 3.05) is 0 Å². The van der Waals surface area contributed by atoms with Gasteiger partial charge in [0.15, 0.2) is 0 Å². The SMILES string of the molecule is NC(=O)CC(N)C(=O)NC(Cc1ccc(O)cc1)C(=O)NC(CC(N)=O)C(=O)NC(Cc1ccc(O)cc1)C(=O)O. The Kier molecular flexibility index (Phi) is 11.6. The van der Waals surface area contributed by atoms with Crippen molar-refractivity contribution in [1.82, 2.24) is 16.0 Å². The fourth-order valence-electron chi connectivity index (χ4n) is 3.69. The summed E-state index contributed by atoms with van der Waals surface area (Å²) in [5, 5.41) is 35.5. The summed E-state index contributed by atoms with van der Waals surface area (Å²) in [6, 6.07) is 5.35. The lowest BCUT2D eigenvalue weighted by atomic mass is 10.0. The van der Waals surface area contributed by atoms with E-state index >= 15 is 0 Å². The smallest absolute Gasteiger partial charge is 0.326 e. The summed E-state index contributed by atoms with van der Waals surface area (Å²) < 4.78 is 0. The standard InChI is InChI=1S/C26H32N6O9/c27-17(11-21(28)35)23(37)30-18(9-13-1-5-15(33)6-2-13)24(38)31-19(12-22(29)36)25(39)32-20(26(40)41)10-14-3-7-16(34)8-4-14/h1-8,17-20,33-34H,9-12,27H2,(H2,28,35)(H2,29,36)(H,30,37)(H,31,38)(H,32,39)(H,40,41). The van der Waals surface area contributed by atoms with E-state index < -0.39 is 72.5 Å². The molecule has 0 heterocycles. The number of rotatable bonds is 15. The van der Waals surface area contributed by atoms with Gasteiger partial charge in [-0.05, 0) is 35.4 Å². The zero-order valence-electron chi connectivity index (χ0n) is 21.8. The molecular formula is C26H32N6O9. The number of carbonyl (C=O) groups excluding carboxylic acids is 5. The number of benzene rings is 2. The quantitative estimate of drug-likeness (QED) is 0.108. The maximum atomic E-state index is 13.3. The molecule has 4 atom stereocenters. The van der Waals surface area contributed by atoms with Crippen LogP contribution in [0.5, 0.6) is 11.5 Å². The van der Waals surface area contributed by atoms with Gasteiger partial charge in [-0.15, -0.1) is 0 Å². The van der Waals surface area contributed by atoms with Crippen LogP contribution in [0.2, 0.25) is 0 Å². The summed E-state index contributed by atoms with van der Waals surface area (Å²) in [7, 11) is 0. The van der Waals surface area contributed by atoms with Crippen molar-refractivity contribution in [2.24, 2.45) is 17.2 Å². The Hall–Kier alpha value is -5.18. The normalized spacial score (nSPS) is 13.6. The minimum Gasteiger partial charge on any atom is -0.508 e. The molecular weight excluding hydrogens is 540 g/mol. The van der Waals surface area contributed by atoms with Gasteiger partial charge in [-0.3, -0.25) is 24.0 Å². The minimum atomic E-state index is -1.62. The highest BCUT2D eigenvalue weighted by atomic mass is 16.4. The Labute approximate surface area is 234 Å². The van der Waals surface area contributed by atoms with E-state index in [4.69, 9.17) is 17.2 Å². The van der Waals surface area contributed by atoms with Crippen LogP contribution in [-0.4, -0.2) is 75.0 Å². The summed E-state index contributed by atoms with van der Waals surface area (Å²) in [5.74, 6) is -6.24. The molecule has 0 saturated heterocycles. The second kappa shape index (κ2) is 14.8. The number of nitrogens with two attached hydrogens (primary N) is 3. The highest BCUT2D eigenvalue weighted by molar-refractivity contribution is 5.96. The number of phenols is 2. The van der Waals surface area contributed by atoms with Crippen LogP contribution in [0.25, 0.3) is 0 Å². The van der Waals surface area contributed by atoms with Gasteiger partial charge in [-0.2, -0.15) is 0 Å². The topological polar surface area (TPSA) is 277 Å². The number of hydrogen-bond acceptors (Lipinski definition) is 9. The first-order chi connectivity index (χ1) is 19.2. The predicted octanol–water partition coefficient (Wildman–Crippen LogP) is -2.50. The fourth-order valence-corrected chi connectivity index (χ4v) is 3.69. The van der Waals surface area contributed by atoms with Crippen molar-refractivity contribution in [3.05, 3.63) is 59.7 Å². The molecule has 2 rings (SSSR count). The molecule has 5 amide bonds. The van der Waals surface area contributed by atoms with E-state index in [0.29, 0.717) is 11.1 Å². The average molecular weight is 573 g/mol. The largest absolute Gasteiger partial charge is 0.508 e. The van der Waals surface area contributed by atoms with Crippen molar-refractivity contribution in [1.29, 1.82) is 0 Å². The minimum absolute atomic E-state index is 0.0431. The highest BCUT2D eigenvalue weighted by Crippen LogP contribution is 2.13. The number of carboxylic acid groups (broad SMARTS) is 1. The van der Waals surface area contributed by atoms with Gasteiger partial charge in [0.25, 0.3) is 0 Å². The van der Waals surface area contributed by atoms with Crippen molar-refractivity contribution in [3.8, 4) is 11.5 Å². The van der Waals surface area contributed by atoms with E-state index in [9.17, 15) is 44.1 Å². The monoisotopic (exact) mass is 572 g/mol. The van der Waals surface area contributed by atoms with Crippen LogP contribution in [0, 0.1) is 0 Å². The maximum absolute atomic E-state index is 13.3. The van der Waals surface area contributed by atoms with Gasteiger partial charge < -0.3 is 48.5 Å². The number of nitrogens with one attached hydrogen (secondary N) is 3. The first-order valence-corrected chi connectivity index (χ1v) is 12.3. The van der Waals surface area contributed by atoms with Crippen LogP contribution in [0.15, 0.2) is 48.5 Å². The van der Waals surface area contributed by atoms with E-state index in [2.05, 4.69) is 16.0 Å². The number of primary amides is 2. The third kappa shape index (κ3) is 10.8. The molecule has 2 aromatic carbocycles. The summed E-state index contributed by atoms with van der Waals surface area (Å²) >= 11 is 0. The Balaban J connectivity index is 2.25. The second-order valence-electron chi connectivity index (χ2n) is 9.21. The lowest BCUT2D eigenvalue weighted by Crippen LogP contribution is -2.58. The highest BCUT2D eigenvalue weighted by Gasteiger charge is 2.31. The number of aromatic hydroxyl groups is 2. The van der Waals surface area contributed by atoms with Crippen LogP contribution in [0.4, 0.5) is 0 Å². The second-order valence-corrected chi connectivity index (χ2v) is 9.21. The Morgan fingerprint density at radius 2 is 1.00 bits per heavy atom. The van der Waals surface area contributed by atoms with Crippen molar-refractivity contribution in [3.63, 3.8) is 0 Å². The maximum Gasteiger partial charge on any atom is 0.326 e. The van der Waals surface area contributed by atoms with Crippen LogP contribution >= 0.6 is 0 Å². The summed E-state index contributed by atoms with van der Waals surface area (Å²) in [5.41, 5.74) is 16.9. The third-order valence-corrected chi connectivity index (χ3v) is 5.80. The van der Waals surface area contributed by atoms with Gasteiger partial charge in [0, 0.05) is 12.8 Å². The van der Waals surface area contributed by atoms with Gasteiger partial charge in [0.1, 0.15) is 29.6 Å². The first-order valence-electron chi connectivity index (χ1n) is 12.3.